The molecule has 1 aromatic heterocycles. The largest absolute Gasteiger partial charge is 0.372 e. The van der Waals surface area contributed by atoms with E-state index in [-0.39, 0.29) is 37.0 Å². The van der Waals surface area contributed by atoms with Crippen LogP contribution in [0.4, 0.5) is 0 Å². The summed E-state index contributed by atoms with van der Waals surface area (Å²) in [5.74, 6) is 0. The van der Waals surface area contributed by atoms with E-state index in [0.29, 0.717) is 0 Å². The molecule has 2 heterocycles. The Balaban J connectivity index is 0.000000845. The van der Waals surface area contributed by atoms with Crippen molar-refractivity contribution in [3.8, 4) is 0 Å². The van der Waals surface area contributed by atoms with E-state index in [0.717, 1.165) is 18.6 Å². The van der Waals surface area contributed by atoms with Crippen LogP contribution in [0.2, 0.25) is 0 Å². The Kier molecular flexibility index (Phi) is 6.04. The second kappa shape index (κ2) is 6.19. The molecule has 0 aromatic carbocycles. The highest BCUT2D eigenvalue weighted by molar-refractivity contribution is 5.85. The molecule has 0 spiro atoms. The van der Waals surface area contributed by atoms with Gasteiger partial charge in [-0.25, -0.2) is 0 Å². The molecule has 1 saturated heterocycles. The van der Waals surface area contributed by atoms with Gasteiger partial charge in [0.05, 0.1) is 6.10 Å². The summed E-state index contributed by atoms with van der Waals surface area (Å²) in [5.41, 5.74) is 7.00. The monoisotopic (exact) mass is 236 g/mol. The summed E-state index contributed by atoms with van der Waals surface area (Å²) in [5, 5.41) is 0. The molecule has 0 amide bonds. The van der Waals surface area contributed by atoms with Crippen LogP contribution in [-0.2, 0) is 4.74 Å². The van der Waals surface area contributed by atoms with Gasteiger partial charge in [-0.3, -0.25) is 4.98 Å². The van der Waals surface area contributed by atoms with E-state index in [1.54, 1.807) is 12.4 Å². The predicted molar refractivity (Wildman–Crippen MR) is 60.0 cm³/mol. The van der Waals surface area contributed by atoms with Crippen molar-refractivity contribution in [2.45, 2.75) is 18.6 Å². The topological polar surface area (TPSA) is 48.1 Å². The Labute approximate surface area is 95.9 Å². The van der Waals surface area contributed by atoms with E-state index in [1.807, 2.05) is 12.1 Å². The number of hydrogen-bond acceptors (Lipinski definition) is 3. The fourth-order valence-corrected chi connectivity index (χ4v) is 1.50. The highest BCUT2D eigenvalue weighted by atomic mass is 35.5. The van der Waals surface area contributed by atoms with E-state index in [2.05, 4.69) is 4.98 Å². The second-order valence-corrected chi connectivity index (χ2v) is 3.02. The third-order valence-electron chi connectivity index (χ3n) is 2.17. The van der Waals surface area contributed by atoms with Gasteiger partial charge in [0.2, 0.25) is 0 Å². The zero-order valence-corrected chi connectivity index (χ0v) is 9.26. The lowest BCUT2D eigenvalue weighted by molar-refractivity contribution is 0.105. The minimum Gasteiger partial charge on any atom is -0.372 e. The molecule has 0 saturated carbocycles. The van der Waals surface area contributed by atoms with Crippen molar-refractivity contribution in [3.63, 3.8) is 0 Å². The lowest BCUT2D eigenvalue weighted by atomic mass is 10.0. The third kappa shape index (κ3) is 2.82. The zero-order valence-electron chi connectivity index (χ0n) is 7.63. The Morgan fingerprint density at radius 2 is 1.93 bits per heavy atom. The van der Waals surface area contributed by atoms with Gasteiger partial charge in [-0.05, 0) is 24.1 Å². The zero-order chi connectivity index (χ0) is 8.39. The summed E-state index contributed by atoms with van der Waals surface area (Å²) in [6, 6.07) is 4.05. The highest BCUT2D eigenvalue weighted by Crippen LogP contribution is 2.26. The first kappa shape index (κ1) is 13.7. The Bertz CT molecular complexity index is 258. The molecular weight excluding hydrogens is 223 g/mol. The van der Waals surface area contributed by atoms with Gasteiger partial charge in [0.15, 0.2) is 0 Å². The van der Waals surface area contributed by atoms with Crippen LogP contribution in [0.25, 0.3) is 0 Å². The van der Waals surface area contributed by atoms with Gasteiger partial charge in [0.25, 0.3) is 0 Å². The van der Waals surface area contributed by atoms with Crippen LogP contribution in [0.1, 0.15) is 18.1 Å². The maximum atomic E-state index is 5.87. The van der Waals surface area contributed by atoms with E-state index < -0.39 is 0 Å². The average Bonchev–Trinajstić information content (AvgIpc) is 2.53. The Morgan fingerprint density at radius 1 is 1.29 bits per heavy atom. The van der Waals surface area contributed by atoms with Crippen molar-refractivity contribution >= 4 is 24.8 Å². The first-order valence-electron chi connectivity index (χ1n) is 4.15. The van der Waals surface area contributed by atoms with Gasteiger partial charge in [0, 0.05) is 25.0 Å². The number of hydrogen-bond donors (Lipinski definition) is 1. The predicted octanol–water partition coefficient (Wildman–Crippen LogP) is 1.71. The SMILES string of the molecule is Cl.Cl.N[C@H]1CCO[C@@H]1c1ccncc1. The van der Waals surface area contributed by atoms with Gasteiger partial charge in [-0.2, -0.15) is 0 Å². The number of rotatable bonds is 1. The smallest absolute Gasteiger partial charge is 0.0977 e. The normalized spacial score (nSPS) is 24.9. The molecule has 1 fully saturated rings. The minimum absolute atomic E-state index is 0. The van der Waals surface area contributed by atoms with Gasteiger partial charge in [-0.15, -0.1) is 24.8 Å². The number of ether oxygens (including phenoxy) is 1. The fourth-order valence-electron chi connectivity index (χ4n) is 1.50. The van der Waals surface area contributed by atoms with Gasteiger partial charge < -0.3 is 10.5 Å². The number of nitrogens with two attached hydrogens (primary N) is 1. The molecule has 2 atom stereocenters. The van der Waals surface area contributed by atoms with Crippen molar-refractivity contribution < 1.29 is 4.74 Å². The molecule has 5 heteroatoms. The highest BCUT2D eigenvalue weighted by Gasteiger charge is 2.25. The third-order valence-corrected chi connectivity index (χ3v) is 2.17. The molecular formula is C9H14Cl2N2O. The summed E-state index contributed by atoms with van der Waals surface area (Å²) in [4.78, 5) is 3.95. The second-order valence-electron chi connectivity index (χ2n) is 3.02. The number of aromatic nitrogens is 1. The quantitative estimate of drug-likeness (QED) is 0.808. The van der Waals surface area contributed by atoms with Crippen LogP contribution >= 0.6 is 24.8 Å². The standard InChI is InChI=1S/C9H12N2O.2ClH/c10-8-3-6-12-9(8)7-1-4-11-5-2-7;;/h1-2,4-5,8-9H,3,6,10H2;2*1H/t8-,9+;;/m0../s1. The maximum absolute atomic E-state index is 5.87. The van der Waals surface area contributed by atoms with Crippen molar-refractivity contribution in [1.82, 2.24) is 4.98 Å². The molecule has 0 aliphatic carbocycles. The van der Waals surface area contributed by atoms with Crippen LogP contribution in [0.15, 0.2) is 24.5 Å². The summed E-state index contributed by atoms with van der Waals surface area (Å²) >= 11 is 0. The first-order valence-corrected chi connectivity index (χ1v) is 4.15. The molecule has 2 rings (SSSR count). The fraction of sp³-hybridized carbons (Fsp3) is 0.444. The van der Waals surface area contributed by atoms with Crippen molar-refractivity contribution in [2.24, 2.45) is 5.73 Å². The minimum atomic E-state index is 0. The van der Waals surface area contributed by atoms with Crippen LogP contribution in [0.5, 0.6) is 0 Å². The molecule has 3 nitrogen and oxygen atoms in total. The van der Waals surface area contributed by atoms with E-state index in [4.69, 9.17) is 10.5 Å². The average molecular weight is 237 g/mol. The summed E-state index contributed by atoms with van der Waals surface area (Å²) in [7, 11) is 0. The van der Waals surface area contributed by atoms with E-state index in [1.165, 1.54) is 0 Å². The van der Waals surface area contributed by atoms with Gasteiger partial charge in [0.1, 0.15) is 0 Å². The lowest BCUT2D eigenvalue weighted by Gasteiger charge is -2.13. The summed E-state index contributed by atoms with van der Waals surface area (Å²) < 4.78 is 5.50. The molecule has 0 radical (unpaired) electrons. The summed E-state index contributed by atoms with van der Waals surface area (Å²) in [6.07, 6.45) is 4.56. The molecule has 0 bridgehead atoms. The van der Waals surface area contributed by atoms with E-state index in [9.17, 15) is 0 Å². The lowest BCUT2D eigenvalue weighted by Crippen LogP contribution is -2.23. The summed E-state index contributed by atoms with van der Waals surface area (Å²) in [6.45, 7) is 0.772. The van der Waals surface area contributed by atoms with Gasteiger partial charge >= 0.3 is 0 Å². The van der Waals surface area contributed by atoms with Crippen molar-refractivity contribution in [1.29, 1.82) is 0 Å². The molecule has 1 aromatic rings. The molecule has 80 valence electrons. The molecule has 0 unspecified atom stereocenters. The molecule has 14 heavy (non-hydrogen) atoms. The Morgan fingerprint density at radius 3 is 2.43 bits per heavy atom. The van der Waals surface area contributed by atoms with Crippen LogP contribution in [0.3, 0.4) is 0 Å². The van der Waals surface area contributed by atoms with E-state index >= 15 is 0 Å². The maximum Gasteiger partial charge on any atom is 0.0977 e. The molecule has 1 aliphatic rings. The Hall–Kier alpha value is -0.350. The number of halogens is 2. The van der Waals surface area contributed by atoms with Crippen LogP contribution in [0, 0.1) is 0 Å². The molecule has 1 aliphatic heterocycles. The van der Waals surface area contributed by atoms with Gasteiger partial charge in [-0.1, -0.05) is 0 Å². The number of nitrogens with zero attached hydrogens (tertiary/aromatic N) is 1. The number of pyridine rings is 1. The van der Waals surface area contributed by atoms with Crippen LogP contribution in [-0.4, -0.2) is 17.6 Å². The first-order chi connectivity index (χ1) is 5.88. The van der Waals surface area contributed by atoms with Crippen molar-refractivity contribution in [3.05, 3.63) is 30.1 Å². The van der Waals surface area contributed by atoms with Crippen LogP contribution < -0.4 is 5.73 Å². The molecule has 2 N–H and O–H groups in total. The van der Waals surface area contributed by atoms with Crippen molar-refractivity contribution in [2.75, 3.05) is 6.61 Å².